The number of Topliss-reactive ketones (excluding diaryl/α,β-unsaturated/α-hetero) is 2. The summed E-state index contributed by atoms with van der Waals surface area (Å²) in [5.41, 5.74) is 8.39. The van der Waals surface area contributed by atoms with Crippen LogP contribution in [0.25, 0.3) is 33.8 Å². The first kappa shape index (κ1) is 21.3. The van der Waals surface area contributed by atoms with Crippen molar-refractivity contribution in [2.24, 2.45) is 0 Å². The van der Waals surface area contributed by atoms with Gasteiger partial charge in [-0.3, -0.25) is 9.59 Å². The topological polar surface area (TPSA) is 59.9 Å². The van der Waals surface area contributed by atoms with Crippen LogP contribution in [0, 0.1) is 13.8 Å². The molecule has 0 spiro atoms. The van der Waals surface area contributed by atoms with E-state index in [1.165, 1.54) is 5.56 Å². The van der Waals surface area contributed by atoms with Crippen LogP contribution < -0.4 is 0 Å². The molecule has 0 bridgehead atoms. The van der Waals surface area contributed by atoms with Crippen LogP contribution in [0.1, 0.15) is 45.8 Å². The summed E-state index contributed by atoms with van der Waals surface area (Å²) in [6.07, 6.45) is 0. The normalized spacial score (nSPS) is 10.8. The lowest BCUT2D eigenvalue weighted by atomic mass is 9.99. The van der Waals surface area contributed by atoms with E-state index in [1.807, 2.05) is 74.5 Å². The third-order valence-corrected chi connectivity index (χ3v) is 5.52. The van der Waals surface area contributed by atoms with E-state index in [2.05, 4.69) is 12.1 Å². The van der Waals surface area contributed by atoms with Gasteiger partial charge in [0.2, 0.25) is 0 Å². The Hall–Kier alpha value is -3.92. The molecule has 0 N–H and O–H groups in total. The van der Waals surface area contributed by atoms with Gasteiger partial charge in [0, 0.05) is 27.8 Å². The van der Waals surface area contributed by atoms with Crippen LogP contribution in [0.4, 0.5) is 0 Å². The van der Waals surface area contributed by atoms with Crippen molar-refractivity contribution in [1.29, 1.82) is 0 Å². The average Bonchev–Trinajstić information content (AvgIpc) is 2.79. The van der Waals surface area contributed by atoms with Gasteiger partial charge in [0.25, 0.3) is 0 Å². The third kappa shape index (κ3) is 4.26. The van der Waals surface area contributed by atoms with Crippen LogP contribution in [0.2, 0.25) is 0 Å². The Kier molecular flexibility index (Phi) is 5.78. The Morgan fingerprint density at radius 1 is 0.531 bits per heavy atom. The van der Waals surface area contributed by atoms with Crippen LogP contribution >= 0.6 is 0 Å². The van der Waals surface area contributed by atoms with Crippen molar-refractivity contribution < 1.29 is 9.59 Å². The van der Waals surface area contributed by atoms with E-state index in [9.17, 15) is 9.59 Å². The molecule has 0 atom stereocenters. The number of nitrogens with zero attached hydrogens (tertiary/aromatic N) is 2. The number of carbonyl (C=O) groups is 2. The van der Waals surface area contributed by atoms with Gasteiger partial charge in [0.1, 0.15) is 0 Å². The van der Waals surface area contributed by atoms with Crippen molar-refractivity contribution in [1.82, 2.24) is 9.97 Å². The van der Waals surface area contributed by atoms with Gasteiger partial charge in [-0.15, -0.1) is 0 Å². The minimum Gasteiger partial charge on any atom is -0.295 e. The van der Waals surface area contributed by atoms with Crippen LogP contribution in [0.5, 0.6) is 0 Å². The largest absolute Gasteiger partial charge is 0.295 e. The van der Waals surface area contributed by atoms with Crippen LogP contribution in [0.15, 0.2) is 72.8 Å². The first-order chi connectivity index (χ1) is 15.3. The lowest BCUT2D eigenvalue weighted by Crippen LogP contribution is -2.01. The third-order valence-electron chi connectivity index (χ3n) is 5.52. The van der Waals surface area contributed by atoms with Crippen LogP contribution in [0.3, 0.4) is 0 Å². The summed E-state index contributed by atoms with van der Waals surface area (Å²) in [6, 6.07) is 23.1. The summed E-state index contributed by atoms with van der Waals surface area (Å²) in [4.78, 5) is 33.3. The maximum absolute atomic E-state index is 11.7. The standard InChI is InChI=1S/C28H24N2O2/c1-17-5-7-24(8-6-17)28-27(25-15-11-22(12-16-25)20(4)32)29-18(2)26(30-28)23-13-9-21(10-14-23)19(3)31/h5-16H,1-4H3. The van der Waals surface area contributed by atoms with Crippen molar-refractivity contribution in [2.75, 3.05) is 0 Å². The maximum atomic E-state index is 11.7. The summed E-state index contributed by atoms with van der Waals surface area (Å²) in [6.45, 7) is 7.10. The zero-order chi connectivity index (χ0) is 22.8. The fourth-order valence-electron chi connectivity index (χ4n) is 3.63. The lowest BCUT2D eigenvalue weighted by molar-refractivity contribution is 0.100. The summed E-state index contributed by atoms with van der Waals surface area (Å²) >= 11 is 0. The van der Waals surface area contributed by atoms with E-state index in [0.29, 0.717) is 11.1 Å². The molecule has 4 nitrogen and oxygen atoms in total. The molecule has 1 aromatic heterocycles. The van der Waals surface area contributed by atoms with Crippen molar-refractivity contribution >= 4 is 11.6 Å². The predicted octanol–water partition coefficient (Wildman–Crippen LogP) is 6.50. The molecular weight excluding hydrogens is 396 g/mol. The molecule has 0 saturated heterocycles. The number of carbonyl (C=O) groups excluding carboxylic acids is 2. The Morgan fingerprint density at radius 2 is 0.906 bits per heavy atom. The number of benzene rings is 3. The molecule has 3 aromatic carbocycles. The van der Waals surface area contributed by atoms with Gasteiger partial charge in [0.15, 0.2) is 11.6 Å². The highest BCUT2D eigenvalue weighted by Crippen LogP contribution is 2.33. The number of aromatic nitrogens is 2. The van der Waals surface area contributed by atoms with E-state index in [-0.39, 0.29) is 11.6 Å². The van der Waals surface area contributed by atoms with Crippen molar-refractivity contribution in [3.8, 4) is 33.8 Å². The Balaban J connectivity index is 1.89. The van der Waals surface area contributed by atoms with E-state index in [4.69, 9.17) is 9.97 Å². The van der Waals surface area contributed by atoms with Gasteiger partial charge in [0.05, 0.1) is 22.8 Å². The molecule has 0 radical (unpaired) electrons. The average molecular weight is 421 g/mol. The molecule has 0 amide bonds. The van der Waals surface area contributed by atoms with E-state index in [0.717, 1.165) is 39.5 Å². The molecule has 0 unspecified atom stereocenters. The first-order valence-electron chi connectivity index (χ1n) is 10.5. The molecule has 1 heterocycles. The molecule has 158 valence electrons. The molecule has 4 heteroatoms. The second-order valence-corrected chi connectivity index (χ2v) is 7.99. The van der Waals surface area contributed by atoms with Crippen LogP contribution in [-0.4, -0.2) is 21.5 Å². The van der Waals surface area contributed by atoms with Crippen LogP contribution in [-0.2, 0) is 0 Å². The highest BCUT2D eigenvalue weighted by Gasteiger charge is 2.17. The zero-order valence-electron chi connectivity index (χ0n) is 18.6. The molecule has 4 aromatic rings. The molecule has 0 fully saturated rings. The van der Waals surface area contributed by atoms with E-state index >= 15 is 0 Å². The highest BCUT2D eigenvalue weighted by atomic mass is 16.1. The fourth-order valence-corrected chi connectivity index (χ4v) is 3.63. The molecule has 0 aliphatic carbocycles. The number of ketones is 2. The SMILES string of the molecule is CC(=O)c1ccc(-c2nc(-c3ccc(C)cc3)c(-c3ccc(C(C)=O)cc3)nc2C)cc1. The summed E-state index contributed by atoms with van der Waals surface area (Å²) in [7, 11) is 0. The van der Waals surface area contributed by atoms with Gasteiger partial charge < -0.3 is 0 Å². The van der Waals surface area contributed by atoms with Gasteiger partial charge >= 0.3 is 0 Å². The Bertz CT molecular complexity index is 1300. The quantitative estimate of drug-likeness (QED) is 0.346. The predicted molar refractivity (Wildman–Crippen MR) is 128 cm³/mol. The zero-order valence-corrected chi connectivity index (χ0v) is 18.6. The van der Waals surface area contributed by atoms with Gasteiger partial charge in [-0.1, -0.05) is 78.4 Å². The highest BCUT2D eigenvalue weighted by molar-refractivity contribution is 5.95. The summed E-state index contributed by atoms with van der Waals surface area (Å²) in [5, 5.41) is 0. The van der Waals surface area contributed by atoms with Gasteiger partial charge in [-0.05, 0) is 27.7 Å². The Labute approximate surface area is 188 Å². The van der Waals surface area contributed by atoms with Crippen molar-refractivity contribution in [3.05, 3.63) is 95.2 Å². The number of hydrogen-bond donors (Lipinski definition) is 0. The minimum atomic E-state index is 0.0296. The summed E-state index contributed by atoms with van der Waals surface area (Å²) in [5.74, 6) is 0.0611. The monoisotopic (exact) mass is 420 g/mol. The minimum absolute atomic E-state index is 0.0296. The van der Waals surface area contributed by atoms with Crippen molar-refractivity contribution in [2.45, 2.75) is 27.7 Å². The fraction of sp³-hybridized carbons (Fsp3) is 0.143. The number of hydrogen-bond acceptors (Lipinski definition) is 4. The summed E-state index contributed by atoms with van der Waals surface area (Å²) < 4.78 is 0. The molecule has 0 aliphatic rings. The second kappa shape index (κ2) is 8.67. The number of aryl methyl sites for hydroxylation is 2. The van der Waals surface area contributed by atoms with Gasteiger partial charge in [-0.2, -0.15) is 0 Å². The lowest BCUT2D eigenvalue weighted by Gasteiger charge is -2.14. The van der Waals surface area contributed by atoms with Gasteiger partial charge in [-0.25, -0.2) is 9.97 Å². The maximum Gasteiger partial charge on any atom is 0.159 e. The molecule has 32 heavy (non-hydrogen) atoms. The first-order valence-corrected chi connectivity index (χ1v) is 10.5. The molecule has 4 rings (SSSR count). The Morgan fingerprint density at radius 3 is 1.34 bits per heavy atom. The second-order valence-electron chi connectivity index (χ2n) is 7.99. The van der Waals surface area contributed by atoms with Crippen molar-refractivity contribution in [3.63, 3.8) is 0 Å². The molecular formula is C28H24N2O2. The van der Waals surface area contributed by atoms with E-state index < -0.39 is 0 Å². The molecule has 0 saturated carbocycles. The number of rotatable bonds is 5. The van der Waals surface area contributed by atoms with E-state index in [1.54, 1.807) is 13.8 Å². The molecule has 0 aliphatic heterocycles. The smallest absolute Gasteiger partial charge is 0.159 e.